The summed E-state index contributed by atoms with van der Waals surface area (Å²) in [6, 6.07) is 18.0. The second kappa shape index (κ2) is 12.6. The highest BCUT2D eigenvalue weighted by Gasteiger charge is 2.09. The van der Waals surface area contributed by atoms with Gasteiger partial charge in [-0.15, -0.1) is 0 Å². The molecule has 0 aromatic heterocycles. The number of halogens is 2. The molecule has 170 valence electrons. The third kappa shape index (κ3) is 7.64. The van der Waals surface area contributed by atoms with Crippen LogP contribution in [0.25, 0.3) is 0 Å². The van der Waals surface area contributed by atoms with E-state index in [0.29, 0.717) is 23.2 Å². The second-order valence-electron chi connectivity index (χ2n) is 8.16. The van der Waals surface area contributed by atoms with Crippen molar-refractivity contribution in [3.8, 4) is 11.8 Å². The zero-order valence-electron chi connectivity index (χ0n) is 19.4. The Morgan fingerprint density at radius 3 is 1.76 bits per heavy atom. The van der Waals surface area contributed by atoms with Crippen LogP contribution in [-0.4, -0.2) is 0 Å². The Labute approximate surface area is 195 Å². The molecule has 0 saturated heterocycles. The molecule has 2 nitrogen and oxygen atoms in total. The van der Waals surface area contributed by atoms with Gasteiger partial charge in [0.25, 0.3) is 0 Å². The summed E-state index contributed by atoms with van der Waals surface area (Å²) in [5.41, 5.74) is 3.92. The molecule has 3 aromatic carbocycles. The van der Waals surface area contributed by atoms with Crippen LogP contribution in [0.2, 0.25) is 0 Å². The normalized spacial score (nSPS) is 10.9. The number of hydrogen-bond acceptors (Lipinski definition) is 2. The highest BCUT2D eigenvalue weighted by atomic mass is 19.1. The Bertz CT molecular complexity index is 1100. The van der Waals surface area contributed by atoms with Gasteiger partial charge in [0.2, 0.25) is 0 Å². The minimum absolute atomic E-state index is 0.194. The van der Waals surface area contributed by atoms with Crippen molar-refractivity contribution in [2.24, 2.45) is 10.2 Å². The fraction of sp³-hybridized carbons (Fsp3) is 0.310. The Balaban J connectivity index is 1.64. The Kier molecular flexibility index (Phi) is 9.32. The Hall–Kier alpha value is -3.32. The molecule has 0 spiro atoms. The number of rotatable bonds is 9. The van der Waals surface area contributed by atoms with Gasteiger partial charge < -0.3 is 0 Å². The average molecular weight is 445 g/mol. The molecule has 0 aliphatic heterocycles. The summed E-state index contributed by atoms with van der Waals surface area (Å²) in [4.78, 5) is 0. The van der Waals surface area contributed by atoms with Crippen molar-refractivity contribution in [2.75, 3.05) is 0 Å². The van der Waals surface area contributed by atoms with E-state index in [1.54, 1.807) is 24.3 Å². The molecule has 0 heterocycles. The molecule has 0 atom stereocenters. The molecule has 0 aliphatic rings. The fourth-order valence-corrected chi connectivity index (χ4v) is 3.44. The lowest BCUT2D eigenvalue weighted by Crippen LogP contribution is -1.95. The predicted molar refractivity (Wildman–Crippen MR) is 131 cm³/mol. The van der Waals surface area contributed by atoms with Crippen LogP contribution in [0.15, 0.2) is 70.9 Å². The maximum absolute atomic E-state index is 14.4. The smallest absolute Gasteiger partial charge is 0.142 e. The van der Waals surface area contributed by atoms with Gasteiger partial charge in [-0.2, -0.15) is 10.2 Å². The molecule has 0 aliphatic carbocycles. The number of hydrogen-bond donors (Lipinski definition) is 0. The molecule has 0 N–H and O–H groups in total. The van der Waals surface area contributed by atoms with Crippen molar-refractivity contribution in [3.05, 3.63) is 94.6 Å². The van der Waals surface area contributed by atoms with Gasteiger partial charge in [-0.05, 0) is 85.3 Å². The topological polar surface area (TPSA) is 24.7 Å². The van der Waals surface area contributed by atoms with Crippen LogP contribution in [-0.2, 0) is 12.8 Å². The van der Waals surface area contributed by atoms with Crippen LogP contribution in [0.3, 0.4) is 0 Å². The van der Waals surface area contributed by atoms with Crippen molar-refractivity contribution in [2.45, 2.75) is 58.8 Å². The molecule has 0 saturated carbocycles. The summed E-state index contributed by atoms with van der Waals surface area (Å²) in [6.45, 7) is 4.28. The number of aryl methyl sites for hydroxylation is 2. The highest BCUT2D eigenvalue weighted by molar-refractivity contribution is 5.49. The van der Waals surface area contributed by atoms with Gasteiger partial charge in [0.15, 0.2) is 0 Å². The molecular weight excluding hydrogens is 414 g/mol. The fourth-order valence-electron chi connectivity index (χ4n) is 3.44. The lowest BCUT2D eigenvalue weighted by molar-refractivity contribution is 0.572. The highest BCUT2D eigenvalue weighted by Crippen LogP contribution is 2.20. The van der Waals surface area contributed by atoms with Gasteiger partial charge in [0.1, 0.15) is 11.6 Å². The Morgan fingerprint density at radius 2 is 1.18 bits per heavy atom. The minimum atomic E-state index is -0.611. The van der Waals surface area contributed by atoms with E-state index in [1.807, 2.05) is 12.1 Å². The van der Waals surface area contributed by atoms with E-state index >= 15 is 0 Å². The number of benzene rings is 3. The van der Waals surface area contributed by atoms with Crippen molar-refractivity contribution in [3.63, 3.8) is 0 Å². The minimum Gasteiger partial charge on any atom is -0.206 e. The summed E-state index contributed by atoms with van der Waals surface area (Å²) in [7, 11) is 0. The molecule has 0 radical (unpaired) electrons. The predicted octanol–water partition coefficient (Wildman–Crippen LogP) is 8.86. The summed E-state index contributed by atoms with van der Waals surface area (Å²) in [5.74, 6) is 4.25. The summed E-state index contributed by atoms with van der Waals surface area (Å²) in [5, 5.41) is 8.52. The lowest BCUT2D eigenvalue weighted by Gasteiger charge is -2.04. The van der Waals surface area contributed by atoms with Gasteiger partial charge >= 0.3 is 0 Å². The molecule has 3 aromatic rings. The maximum atomic E-state index is 14.4. The van der Waals surface area contributed by atoms with Crippen LogP contribution in [0.1, 0.15) is 68.2 Å². The first-order chi connectivity index (χ1) is 16.1. The monoisotopic (exact) mass is 444 g/mol. The number of azo groups is 1. The van der Waals surface area contributed by atoms with Crippen LogP contribution in [0.5, 0.6) is 0 Å². The standard InChI is InChI=1S/C29H30F2N2/c1-3-5-7-9-24-20-28(30)27(29(31)21-24)19-14-23-12-17-26(18-13-23)33-32-25-15-10-22(11-16-25)8-6-4-2/h10-13,15-18,20-21H,3-9H2,1-2H3. The van der Waals surface area contributed by atoms with Gasteiger partial charge in [0, 0.05) is 5.56 Å². The van der Waals surface area contributed by atoms with Crippen LogP contribution < -0.4 is 0 Å². The average Bonchev–Trinajstić information content (AvgIpc) is 2.82. The van der Waals surface area contributed by atoms with E-state index < -0.39 is 11.6 Å². The van der Waals surface area contributed by atoms with Gasteiger partial charge in [-0.25, -0.2) is 8.78 Å². The SMILES string of the molecule is CCCCCc1cc(F)c(C#Cc2ccc(N=Nc3ccc(CCCC)cc3)cc2)c(F)c1. The Morgan fingerprint density at radius 1 is 0.636 bits per heavy atom. The third-order valence-corrected chi connectivity index (χ3v) is 5.41. The maximum Gasteiger partial charge on any atom is 0.142 e. The molecular formula is C29H30F2N2. The first-order valence-corrected chi connectivity index (χ1v) is 11.7. The van der Waals surface area contributed by atoms with Gasteiger partial charge in [-0.3, -0.25) is 0 Å². The number of nitrogens with zero attached hydrogens (tertiary/aromatic N) is 2. The van der Waals surface area contributed by atoms with E-state index in [0.717, 1.165) is 31.4 Å². The summed E-state index contributed by atoms with van der Waals surface area (Å²) in [6.07, 6.45) is 7.15. The lowest BCUT2D eigenvalue weighted by atomic mass is 10.0. The second-order valence-corrected chi connectivity index (χ2v) is 8.16. The zero-order valence-corrected chi connectivity index (χ0v) is 19.4. The summed E-state index contributed by atoms with van der Waals surface area (Å²) >= 11 is 0. The van der Waals surface area contributed by atoms with E-state index in [2.05, 4.69) is 48.0 Å². The van der Waals surface area contributed by atoms with Gasteiger partial charge in [-0.1, -0.05) is 57.1 Å². The largest absolute Gasteiger partial charge is 0.206 e. The van der Waals surface area contributed by atoms with E-state index in [1.165, 1.54) is 30.5 Å². The van der Waals surface area contributed by atoms with Crippen LogP contribution in [0, 0.1) is 23.5 Å². The molecule has 0 bridgehead atoms. The van der Waals surface area contributed by atoms with E-state index in [9.17, 15) is 8.78 Å². The molecule has 4 heteroatoms. The van der Waals surface area contributed by atoms with Crippen molar-refractivity contribution >= 4 is 11.4 Å². The van der Waals surface area contributed by atoms with Crippen LogP contribution >= 0.6 is 0 Å². The molecule has 0 fully saturated rings. The van der Waals surface area contributed by atoms with Crippen LogP contribution in [0.4, 0.5) is 20.2 Å². The molecule has 0 amide bonds. The molecule has 33 heavy (non-hydrogen) atoms. The zero-order chi connectivity index (χ0) is 23.5. The molecule has 0 unspecified atom stereocenters. The summed E-state index contributed by atoms with van der Waals surface area (Å²) < 4.78 is 28.7. The molecule has 3 rings (SSSR count). The third-order valence-electron chi connectivity index (χ3n) is 5.41. The quantitative estimate of drug-likeness (QED) is 0.179. The van der Waals surface area contributed by atoms with Crippen molar-refractivity contribution < 1.29 is 8.78 Å². The van der Waals surface area contributed by atoms with Crippen molar-refractivity contribution in [1.82, 2.24) is 0 Å². The first kappa shape index (κ1) is 24.3. The van der Waals surface area contributed by atoms with Crippen molar-refractivity contribution in [1.29, 1.82) is 0 Å². The van der Waals surface area contributed by atoms with Gasteiger partial charge in [0.05, 0.1) is 16.9 Å². The van der Waals surface area contributed by atoms with E-state index in [-0.39, 0.29) is 5.56 Å². The first-order valence-electron chi connectivity index (χ1n) is 11.7. The van der Waals surface area contributed by atoms with E-state index in [4.69, 9.17) is 0 Å². The number of unbranched alkanes of at least 4 members (excludes halogenated alkanes) is 3.